The maximum absolute atomic E-state index is 11.6. The molecule has 4 N–H and O–H groups in total. The van der Waals surface area contributed by atoms with Crippen LogP contribution in [0, 0.1) is 5.92 Å². The van der Waals surface area contributed by atoms with Gasteiger partial charge in [-0.1, -0.05) is 86.1 Å². The van der Waals surface area contributed by atoms with Crippen molar-refractivity contribution >= 4 is 0 Å². The number of phenolic OH excluding ortho intramolecular Hbond substituents is 2. The minimum absolute atomic E-state index is 0.123. The van der Waals surface area contributed by atoms with Crippen LogP contribution in [0.4, 0.5) is 0 Å². The zero-order valence-electron chi connectivity index (χ0n) is 23.2. The number of aryl methyl sites for hydroxylation is 2. The van der Waals surface area contributed by atoms with E-state index in [-0.39, 0.29) is 35.9 Å². The molecule has 35 heavy (non-hydrogen) atoms. The van der Waals surface area contributed by atoms with Crippen LogP contribution in [0.5, 0.6) is 11.5 Å². The highest BCUT2D eigenvalue weighted by atomic mass is 16.3. The molecule has 1 atom stereocenters. The van der Waals surface area contributed by atoms with Crippen LogP contribution >= 0.6 is 0 Å². The van der Waals surface area contributed by atoms with E-state index in [4.69, 9.17) is 0 Å². The van der Waals surface area contributed by atoms with Crippen LogP contribution in [0.1, 0.15) is 114 Å². The van der Waals surface area contributed by atoms with Gasteiger partial charge in [-0.3, -0.25) is 0 Å². The average molecular weight is 485 g/mol. The Morgan fingerprint density at radius 1 is 0.686 bits per heavy atom. The van der Waals surface area contributed by atoms with Crippen molar-refractivity contribution in [1.82, 2.24) is 0 Å². The monoisotopic (exact) mass is 484 g/mol. The number of aliphatic hydroxyl groups excluding tert-OH is 2. The minimum atomic E-state index is -0.254. The summed E-state index contributed by atoms with van der Waals surface area (Å²) in [6, 6.07) is 8.29. The fraction of sp³-hybridized carbons (Fsp3) is 0.613. The lowest BCUT2D eigenvalue weighted by Gasteiger charge is -2.32. The molecule has 4 nitrogen and oxygen atoms in total. The third-order valence-corrected chi connectivity index (χ3v) is 7.14. The number of aromatic hydroxyl groups is 2. The molecule has 0 heterocycles. The highest BCUT2D eigenvalue weighted by Gasteiger charge is 2.32. The SMILES string of the molecule is CCC(C)C(c1cc(CCCO)cc(C(C)(C)C)c1O)c1cc(CCCO)cc(C(C)(C)C)c1O. The summed E-state index contributed by atoms with van der Waals surface area (Å²) in [7, 11) is 0. The molecule has 196 valence electrons. The van der Waals surface area contributed by atoms with E-state index in [1.54, 1.807) is 0 Å². The summed E-state index contributed by atoms with van der Waals surface area (Å²) in [5, 5.41) is 42.1. The predicted octanol–water partition coefficient (Wildman–Crippen LogP) is 6.72. The molecular weight excluding hydrogens is 436 g/mol. The van der Waals surface area contributed by atoms with E-state index < -0.39 is 0 Å². The van der Waals surface area contributed by atoms with Gasteiger partial charge in [-0.15, -0.1) is 0 Å². The Bertz CT molecular complexity index is 903. The van der Waals surface area contributed by atoms with Gasteiger partial charge >= 0.3 is 0 Å². The minimum Gasteiger partial charge on any atom is -0.507 e. The zero-order valence-corrected chi connectivity index (χ0v) is 23.2. The molecule has 0 radical (unpaired) electrons. The second kappa shape index (κ2) is 11.8. The van der Waals surface area contributed by atoms with Crippen molar-refractivity contribution in [3.63, 3.8) is 0 Å². The van der Waals surface area contributed by atoms with E-state index in [0.29, 0.717) is 24.3 Å². The first-order chi connectivity index (χ1) is 16.3. The molecule has 0 fully saturated rings. The van der Waals surface area contributed by atoms with E-state index in [1.165, 1.54) is 0 Å². The van der Waals surface area contributed by atoms with Crippen LogP contribution < -0.4 is 0 Å². The van der Waals surface area contributed by atoms with Crippen molar-refractivity contribution in [3.8, 4) is 11.5 Å². The van der Waals surface area contributed by atoms with Gasteiger partial charge in [-0.25, -0.2) is 0 Å². The van der Waals surface area contributed by atoms with Crippen LogP contribution in [0.25, 0.3) is 0 Å². The van der Waals surface area contributed by atoms with Gasteiger partial charge in [0.15, 0.2) is 0 Å². The van der Waals surface area contributed by atoms with Gasteiger partial charge in [-0.05, 0) is 64.7 Å². The third kappa shape index (κ3) is 7.01. The average Bonchev–Trinajstić information content (AvgIpc) is 2.77. The summed E-state index contributed by atoms with van der Waals surface area (Å²) in [6.07, 6.45) is 3.68. The first kappa shape index (κ1) is 29.2. The molecule has 2 rings (SSSR count). The Morgan fingerprint density at radius 2 is 1.06 bits per heavy atom. The predicted molar refractivity (Wildman–Crippen MR) is 146 cm³/mol. The van der Waals surface area contributed by atoms with E-state index in [9.17, 15) is 20.4 Å². The highest BCUT2D eigenvalue weighted by Crippen LogP contribution is 2.48. The largest absolute Gasteiger partial charge is 0.507 e. The van der Waals surface area contributed by atoms with Crippen LogP contribution in [0.2, 0.25) is 0 Å². The van der Waals surface area contributed by atoms with Crippen LogP contribution in [-0.4, -0.2) is 33.6 Å². The lowest BCUT2D eigenvalue weighted by molar-refractivity contribution is 0.288. The van der Waals surface area contributed by atoms with Crippen LogP contribution in [0.15, 0.2) is 24.3 Å². The first-order valence-corrected chi connectivity index (χ1v) is 13.2. The summed E-state index contributed by atoms with van der Waals surface area (Å²) in [4.78, 5) is 0. The molecule has 1 unspecified atom stereocenters. The van der Waals surface area contributed by atoms with Crippen molar-refractivity contribution in [1.29, 1.82) is 0 Å². The topological polar surface area (TPSA) is 80.9 Å². The second-order valence-electron chi connectivity index (χ2n) is 12.2. The molecule has 0 saturated carbocycles. The fourth-order valence-corrected chi connectivity index (χ4v) is 4.93. The summed E-state index contributed by atoms with van der Waals surface area (Å²) < 4.78 is 0. The Hall–Kier alpha value is -2.04. The lowest BCUT2D eigenvalue weighted by atomic mass is 9.73. The van der Waals surface area contributed by atoms with Gasteiger partial charge in [0.25, 0.3) is 0 Å². The Morgan fingerprint density at radius 3 is 1.34 bits per heavy atom. The van der Waals surface area contributed by atoms with Gasteiger partial charge in [0, 0.05) is 30.3 Å². The van der Waals surface area contributed by atoms with Crippen molar-refractivity contribution in [3.05, 3.63) is 57.6 Å². The Labute approximate surface area is 213 Å². The van der Waals surface area contributed by atoms with Gasteiger partial charge in [0.05, 0.1) is 0 Å². The molecule has 4 heteroatoms. The van der Waals surface area contributed by atoms with Crippen molar-refractivity contribution in [2.75, 3.05) is 13.2 Å². The van der Waals surface area contributed by atoms with Crippen LogP contribution in [-0.2, 0) is 23.7 Å². The summed E-state index contributed by atoms with van der Waals surface area (Å²) >= 11 is 0. The number of benzene rings is 2. The van der Waals surface area contributed by atoms with Gasteiger partial charge in [0.2, 0.25) is 0 Å². The molecule has 0 spiro atoms. The van der Waals surface area contributed by atoms with Crippen molar-refractivity contribution in [2.45, 2.75) is 104 Å². The van der Waals surface area contributed by atoms with Gasteiger partial charge in [-0.2, -0.15) is 0 Å². The number of hydrogen-bond donors (Lipinski definition) is 4. The molecule has 0 aliphatic rings. The summed E-state index contributed by atoms with van der Waals surface area (Å²) in [5.41, 5.74) is 5.15. The molecular formula is C31H48O4. The van der Waals surface area contributed by atoms with Crippen molar-refractivity contribution in [2.24, 2.45) is 5.92 Å². The molecule has 0 aliphatic heterocycles. The molecule has 2 aromatic rings. The summed E-state index contributed by atoms with van der Waals surface area (Å²) in [5.74, 6) is 0.583. The van der Waals surface area contributed by atoms with E-state index in [2.05, 4.69) is 79.7 Å². The second-order valence-corrected chi connectivity index (χ2v) is 12.2. The summed E-state index contributed by atoms with van der Waals surface area (Å²) in [6.45, 7) is 17.2. The smallest absolute Gasteiger partial charge is 0.123 e. The van der Waals surface area contributed by atoms with E-state index in [1.807, 2.05) is 0 Å². The number of rotatable bonds is 10. The number of aliphatic hydroxyl groups is 2. The first-order valence-electron chi connectivity index (χ1n) is 13.2. The molecule has 0 amide bonds. The quantitative estimate of drug-likeness (QED) is 0.302. The fourth-order valence-electron chi connectivity index (χ4n) is 4.93. The maximum Gasteiger partial charge on any atom is 0.123 e. The standard InChI is InChI=1S/C31H48O4/c1-9-20(2)27(23-16-21(12-10-14-32)18-25(28(23)34)30(3,4)5)24-17-22(13-11-15-33)19-26(29(24)35)31(6,7)8/h16-20,27,32-35H,9-15H2,1-8H3. The molecule has 0 aromatic heterocycles. The third-order valence-electron chi connectivity index (χ3n) is 7.14. The molecule has 0 saturated heterocycles. The Kier molecular flexibility index (Phi) is 9.84. The number of phenols is 2. The molecule has 0 aliphatic carbocycles. The van der Waals surface area contributed by atoms with Crippen molar-refractivity contribution < 1.29 is 20.4 Å². The number of hydrogen-bond acceptors (Lipinski definition) is 4. The van der Waals surface area contributed by atoms with Gasteiger partial charge in [0.1, 0.15) is 11.5 Å². The maximum atomic E-state index is 11.6. The highest BCUT2D eigenvalue weighted by molar-refractivity contribution is 5.56. The van der Waals surface area contributed by atoms with E-state index >= 15 is 0 Å². The lowest BCUT2D eigenvalue weighted by Crippen LogP contribution is -2.19. The normalized spacial score (nSPS) is 13.5. The zero-order chi connectivity index (χ0) is 26.6. The van der Waals surface area contributed by atoms with Gasteiger partial charge < -0.3 is 20.4 Å². The molecule has 0 bridgehead atoms. The molecule has 2 aromatic carbocycles. The van der Waals surface area contributed by atoms with Crippen LogP contribution in [0.3, 0.4) is 0 Å². The Balaban J connectivity index is 2.89. The van der Waals surface area contributed by atoms with E-state index in [0.717, 1.165) is 52.6 Å².